The molecule has 3 atom stereocenters. The van der Waals surface area contributed by atoms with E-state index in [0.717, 1.165) is 47.5 Å². The van der Waals surface area contributed by atoms with Crippen LogP contribution in [0.4, 0.5) is 4.39 Å². The van der Waals surface area contributed by atoms with E-state index in [1.54, 1.807) is 24.1 Å². The van der Waals surface area contributed by atoms with Crippen LogP contribution in [0.1, 0.15) is 46.4 Å². The average Bonchev–Trinajstić information content (AvgIpc) is 3.44. The molecular formula is C37H38FN7O3. The fourth-order valence-corrected chi connectivity index (χ4v) is 8.26. The molecule has 4 aliphatic rings. The van der Waals surface area contributed by atoms with Gasteiger partial charge < -0.3 is 29.4 Å². The summed E-state index contributed by atoms with van der Waals surface area (Å²) in [5.41, 5.74) is 10.5. The van der Waals surface area contributed by atoms with Crippen molar-refractivity contribution in [2.75, 3.05) is 26.7 Å². The first-order chi connectivity index (χ1) is 23.4. The Morgan fingerprint density at radius 2 is 1.75 bits per heavy atom. The topological polar surface area (TPSA) is 112 Å². The van der Waals surface area contributed by atoms with E-state index in [1.807, 2.05) is 29.3 Å². The summed E-state index contributed by atoms with van der Waals surface area (Å²) in [5, 5.41) is 1.04. The summed E-state index contributed by atoms with van der Waals surface area (Å²) in [6.07, 6.45) is 6.22. The van der Waals surface area contributed by atoms with Gasteiger partial charge in [-0.2, -0.15) is 0 Å². The lowest BCUT2D eigenvalue weighted by molar-refractivity contribution is 0.0466. The molecule has 5 heterocycles. The first-order valence-corrected chi connectivity index (χ1v) is 17.0. The van der Waals surface area contributed by atoms with Crippen LogP contribution in [0.3, 0.4) is 0 Å². The van der Waals surface area contributed by atoms with Crippen molar-refractivity contribution in [3.63, 3.8) is 0 Å². The molecule has 2 amide bonds. The molecule has 0 spiro atoms. The number of pyridine rings is 1. The standard InChI is InChI=1S/C37H38FN7O3/c1-48-31-15-25(36(46)44-20-24-10-11-29(44)32(24)39)13-28-33(31)45(19-22-16-42(17-22)37(47)26-6-2-3-7-27(26)38)35(41-28)30-14-23-5-4-12-40-34(23)43(30)18-21-8-9-21/h2-7,12-15,21-22,24,29,32H,8-11,16-20,39H2,1H3/t24?,29?,32-/m1/s1. The van der Waals surface area contributed by atoms with Crippen molar-refractivity contribution in [2.45, 2.75) is 50.9 Å². The van der Waals surface area contributed by atoms with Crippen molar-refractivity contribution >= 4 is 33.9 Å². The van der Waals surface area contributed by atoms with Gasteiger partial charge in [0.2, 0.25) is 0 Å². The number of carbonyl (C=O) groups is 2. The van der Waals surface area contributed by atoms with Crippen molar-refractivity contribution in [1.29, 1.82) is 0 Å². The number of piperidine rings is 1. The van der Waals surface area contributed by atoms with Gasteiger partial charge >= 0.3 is 0 Å². The normalized spacial score (nSPS) is 22.2. The molecule has 10 nitrogen and oxygen atoms in total. The summed E-state index contributed by atoms with van der Waals surface area (Å²) in [6.45, 7) is 3.10. The van der Waals surface area contributed by atoms with E-state index < -0.39 is 5.82 Å². The minimum absolute atomic E-state index is 0.0275. The molecule has 246 valence electrons. The molecule has 11 heteroatoms. The van der Waals surface area contributed by atoms with Gasteiger partial charge in [-0.3, -0.25) is 9.59 Å². The molecule has 9 rings (SSSR count). The monoisotopic (exact) mass is 647 g/mol. The van der Waals surface area contributed by atoms with Crippen LogP contribution in [0.5, 0.6) is 5.75 Å². The molecule has 2 unspecified atom stereocenters. The van der Waals surface area contributed by atoms with Gasteiger partial charge in [-0.05, 0) is 80.0 Å². The zero-order valence-corrected chi connectivity index (χ0v) is 26.9. The number of methoxy groups -OCH3 is 1. The van der Waals surface area contributed by atoms with Crippen molar-refractivity contribution in [3.05, 3.63) is 77.7 Å². The molecule has 4 fully saturated rings. The molecule has 2 N–H and O–H groups in total. The fraction of sp³-hybridized carbons (Fsp3) is 0.405. The van der Waals surface area contributed by atoms with Crippen LogP contribution >= 0.6 is 0 Å². The van der Waals surface area contributed by atoms with Crippen LogP contribution in [-0.4, -0.2) is 79.5 Å². The highest BCUT2D eigenvalue weighted by molar-refractivity contribution is 6.00. The third-order valence-electron chi connectivity index (χ3n) is 11.0. The lowest BCUT2D eigenvalue weighted by atomic mass is 9.98. The number of amides is 2. The second-order valence-corrected chi connectivity index (χ2v) is 14.1. The van der Waals surface area contributed by atoms with E-state index in [1.165, 1.54) is 25.0 Å². The van der Waals surface area contributed by atoms with Gasteiger partial charge in [-0.15, -0.1) is 0 Å². The predicted octanol–water partition coefficient (Wildman–Crippen LogP) is 4.94. The lowest BCUT2D eigenvalue weighted by Gasteiger charge is -2.40. The van der Waals surface area contributed by atoms with E-state index in [4.69, 9.17) is 20.4 Å². The zero-order chi connectivity index (χ0) is 32.7. The van der Waals surface area contributed by atoms with E-state index in [-0.39, 0.29) is 35.4 Å². The Balaban J connectivity index is 1.12. The van der Waals surface area contributed by atoms with Crippen LogP contribution in [0.25, 0.3) is 33.6 Å². The molecule has 48 heavy (non-hydrogen) atoms. The first-order valence-electron chi connectivity index (χ1n) is 17.0. The van der Waals surface area contributed by atoms with Crippen LogP contribution in [-0.2, 0) is 13.1 Å². The highest BCUT2D eigenvalue weighted by atomic mass is 19.1. The Morgan fingerprint density at radius 1 is 0.938 bits per heavy atom. The van der Waals surface area contributed by atoms with Crippen molar-refractivity contribution < 1.29 is 18.7 Å². The molecule has 5 aromatic rings. The summed E-state index contributed by atoms with van der Waals surface area (Å²) in [6, 6.07) is 16.1. The van der Waals surface area contributed by atoms with Gasteiger partial charge in [0.05, 0.1) is 23.9 Å². The summed E-state index contributed by atoms with van der Waals surface area (Å²) in [4.78, 5) is 40.7. The molecule has 0 radical (unpaired) electrons. The molecule has 2 aliphatic carbocycles. The number of benzene rings is 2. The van der Waals surface area contributed by atoms with Crippen LogP contribution < -0.4 is 10.5 Å². The number of hydrogen-bond donors (Lipinski definition) is 1. The highest BCUT2D eigenvalue weighted by Crippen LogP contribution is 2.41. The summed E-state index contributed by atoms with van der Waals surface area (Å²) in [7, 11) is 1.62. The van der Waals surface area contributed by atoms with Crippen LogP contribution in [0, 0.1) is 23.6 Å². The number of fused-ring (bicyclic) bond motifs is 4. The van der Waals surface area contributed by atoms with Gasteiger partial charge in [0.1, 0.15) is 22.7 Å². The number of halogens is 1. The number of ether oxygens (including phenoxy) is 1. The SMILES string of the molecule is COc1cc(C(=O)N2CC3CCC2[C@@H]3N)cc2nc(-c3cc4cccnc4n3CC3CC3)n(CC3CN(C(=O)c4ccccc4F)C3)c12. The molecule has 2 saturated heterocycles. The maximum Gasteiger partial charge on any atom is 0.256 e. The van der Waals surface area contributed by atoms with E-state index >= 15 is 0 Å². The van der Waals surface area contributed by atoms with Gasteiger partial charge in [0.25, 0.3) is 11.8 Å². The second-order valence-electron chi connectivity index (χ2n) is 14.1. The van der Waals surface area contributed by atoms with Crippen molar-refractivity contribution in [1.82, 2.24) is 28.9 Å². The summed E-state index contributed by atoms with van der Waals surface area (Å²) in [5.74, 6) is 1.56. The minimum atomic E-state index is -0.509. The minimum Gasteiger partial charge on any atom is -0.494 e. The second kappa shape index (κ2) is 11.2. The third-order valence-corrected chi connectivity index (χ3v) is 11.0. The summed E-state index contributed by atoms with van der Waals surface area (Å²) < 4.78 is 24.9. The Hall–Kier alpha value is -4.77. The van der Waals surface area contributed by atoms with E-state index in [2.05, 4.69) is 21.3 Å². The van der Waals surface area contributed by atoms with Crippen LogP contribution in [0.15, 0.2) is 60.8 Å². The Bertz CT molecular complexity index is 2100. The molecule has 2 aromatic carbocycles. The predicted molar refractivity (Wildman–Crippen MR) is 179 cm³/mol. The summed E-state index contributed by atoms with van der Waals surface area (Å²) >= 11 is 0. The number of carbonyl (C=O) groups excluding carboxylic acids is 2. The first kappa shape index (κ1) is 29.4. The average molecular weight is 648 g/mol. The fourth-order valence-electron chi connectivity index (χ4n) is 8.26. The maximum atomic E-state index is 14.4. The molecule has 3 aromatic heterocycles. The highest BCUT2D eigenvalue weighted by Gasteiger charge is 2.47. The molecule has 2 bridgehead atoms. The number of aromatic nitrogens is 4. The van der Waals surface area contributed by atoms with Crippen molar-refractivity contribution in [3.8, 4) is 17.3 Å². The number of likely N-dealkylation sites (tertiary alicyclic amines) is 2. The van der Waals surface area contributed by atoms with Crippen LogP contribution in [0.2, 0.25) is 0 Å². The molecular weight excluding hydrogens is 609 g/mol. The number of imidazole rings is 1. The maximum absolute atomic E-state index is 14.4. The Labute approximate surface area is 277 Å². The number of rotatable bonds is 8. The van der Waals surface area contributed by atoms with Gasteiger partial charge in [-0.1, -0.05) is 12.1 Å². The molecule has 2 saturated carbocycles. The Kier molecular flexibility index (Phi) is 6.83. The quantitative estimate of drug-likeness (QED) is 0.255. The van der Waals surface area contributed by atoms with Gasteiger partial charge in [-0.25, -0.2) is 14.4 Å². The number of nitrogens with two attached hydrogens (primary N) is 1. The van der Waals surface area contributed by atoms with Gasteiger partial charge in [0, 0.05) is 67.9 Å². The largest absolute Gasteiger partial charge is 0.494 e. The zero-order valence-electron chi connectivity index (χ0n) is 26.9. The van der Waals surface area contributed by atoms with E-state index in [0.29, 0.717) is 54.8 Å². The third kappa shape index (κ3) is 4.69. The lowest BCUT2D eigenvalue weighted by Crippen LogP contribution is -2.51. The van der Waals surface area contributed by atoms with Gasteiger partial charge in [0.15, 0.2) is 5.82 Å². The van der Waals surface area contributed by atoms with E-state index in [9.17, 15) is 14.0 Å². The van der Waals surface area contributed by atoms with Crippen molar-refractivity contribution in [2.24, 2.45) is 23.5 Å². The number of nitrogens with zero attached hydrogens (tertiary/aromatic N) is 6. The number of hydrogen-bond acceptors (Lipinski definition) is 6. The smallest absolute Gasteiger partial charge is 0.256 e. The Morgan fingerprint density at radius 3 is 2.48 bits per heavy atom. The molecule has 2 aliphatic heterocycles.